The van der Waals surface area contributed by atoms with Gasteiger partial charge in [-0.25, -0.2) is 14.4 Å². The highest BCUT2D eigenvalue weighted by molar-refractivity contribution is 5.97. The summed E-state index contributed by atoms with van der Waals surface area (Å²) >= 11 is 0. The van der Waals surface area contributed by atoms with Crippen molar-refractivity contribution in [2.45, 2.75) is 13.3 Å². The number of fused-ring (bicyclic) bond motifs is 2. The molecule has 1 saturated heterocycles. The van der Waals surface area contributed by atoms with Gasteiger partial charge in [-0.15, -0.1) is 0 Å². The van der Waals surface area contributed by atoms with Crippen molar-refractivity contribution in [3.8, 4) is 22.6 Å². The third-order valence-corrected chi connectivity index (χ3v) is 6.74. The van der Waals surface area contributed by atoms with Crippen LogP contribution in [-0.2, 0) is 4.79 Å². The number of H-pyrrole nitrogens is 2. The number of imidazole rings is 1. The van der Waals surface area contributed by atoms with Crippen LogP contribution in [0.2, 0.25) is 0 Å². The van der Waals surface area contributed by atoms with Gasteiger partial charge in [-0.3, -0.25) is 14.9 Å². The molecule has 4 aromatic heterocycles. The zero-order chi connectivity index (χ0) is 25.5. The topological polar surface area (TPSA) is 119 Å². The Hall–Kier alpha value is -4.38. The van der Waals surface area contributed by atoms with E-state index >= 15 is 4.39 Å². The Labute approximate surface area is 211 Å². The number of carbonyl (C=O) groups excluding carboxylic acids is 1. The van der Waals surface area contributed by atoms with Crippen LogP contribution in [0, 0.1) is 5.82 Å². The first-order valence-corrected chi connectivity index (χ1v) is 12.2. The summed E-state index contributed by atoms with van der Waals surface area (Å²) in [5.74, 6) is -0.0530. The maximum Gasteiger partial charge on any atom is 0.224 e. The van der Waals surface area contributed by atoms with Gasteiger partial charge in [0.05, 0.1) is 17.6 Å². The molecule has 5 aromatic rings. The molecule has 37 heavy (non-hydrogen) atoms. The zero-order valence-corrected chi connectivity index (χ0v) is 20.5. The summed E-state index contributed by atoms with van der Waals surface area (Å²) in [5.41, 5.74) is 5.10. The van der Waals surface area contributed by atoms with E-state index in [4.69, 9.17) is 4.98 Å². The number of piperazine rings is 1. The van der Waals surface area contributed by atoms with Gasteiger partial charge in [0.2, 0.25) is 5.91 Å². The molecule has 0 spiro atoms. The number of pyridine rings is 2. The van der Waals surface area contributed by atoms with Crippen LogP contribution >= 0.6 is 0 Å². The molecule has 0 aliphatic carbocycles. The number of carbonyl (C=O) groups is 1. The number of aromatic amines is 2. The number of amides is 1. The summed E-state index contributed by atoms with van der Waals surface area (Å²) in [7, 11) is 2.12. The number of halogens is 1. The fourth-order valence-corrected chi connectivity index (χ4v) is 4.67. The molecule has 1 aliphatic rings. The highest BCUT2D eigenvalue weighted by Crippen LogP contribution is 2.34. The summed E-state index contributed by atoms with van der Waals surface area (Å²) in [6, 6.07) is 7.03. The first kappa shape index (κ1) is 23.0. The number of likely N-dealkylation sites (N-methyl/N-ethyl adjacent to an activating group) is 1. The SMILES string of the molecule is CCC(=O)Nc1cncc(-c2cc(F)c3n[nH]c(-c4nc5nccc(N6CCN(C)CC6)c5[nH]4)c3c2)c1. The first-order chi connectivity index (χ1) is 18.0. The highest BCUT2D eigenvalue weighted by Gasteiger charge is 2.21. The van der Waals surface area contributed by atoms with E-state index in [2.05, 4.69) is 47.3 Å². The lowest BCUT2D eigenvalue weighted by molar-refractivity contribution is -0.115. The van der Waals surface area contributed by atoms with E-state index in [0.717, 1.165) is 37.4 Å². The molecule has 1 aromatic carbocycles. The van der Waals surface area contributed by atoms with Gasteiger partial charge in [0, 0.05) is 55.9 Å². The highest BCUT2D eigenvalue weighted by atomic mass is 19.1. The van der Waals surface area contributed by atoms with Crippen LogP contribution in [0.5, 0.6) is 0 Å². The monoisotopic (exact) mass is 499 g/mol. The summed E-state index contributed by atoms with van der Waals surface area (Å²) in [5, 5.41) is 10.5. The lowest BCUT2D eigenvalue weighted by Crippen LogP contribution is -2.44. The van der Waals surface area contributed by atoms with E-state index in [1.165, 1.54) is 6.07 Å². The van der Waals surface area contributed by atoms with E-state index in [1.807, 2.05) is 12.1 Å². The minimum absolute atomic E-state index is 0.118. The minimum Gasteiger partial charge on any atom is -0.367 e. The molecule has 0 atom stereocenters. The Kier molecular flexibility index (Phi) is 5.76. The fourth-order valence-electron chi connectivity index (χ4n) is 4.67. The number of benzene rings is 1. The number of hydrogen-bond acceptors (Lipinski definition) is 7. The van der Waals surface area contributed by atoms with Gasteiger partial charge in [-0.2, -0.15) is 5.10 Å². The van der Waals surface area contributed by atoms with Crippen LogP contribution < -0.4 is 10.2 Å². The smallest absolute Gasteiger partial charge is 0.224 e. The molecule has 10 nitrogen and oxygen atoms in total. The van der Waals surface area contributed by atoms with Crippen LogP contribution in [0.25, 0.3) is 44.7 Å². The predicted octanol–water partition coefficient (Wildman–Crippen LogP) is 3.80. The Morgan fingerprint density at radius 1 is 1.14 bits per heavy atom. The van der Waals surface area contributed by atoms with Crippen LogP contribution in [0.4, 0.5) is 15.8 Å². The van der Waals surface area contributed by atoms with Crippen LogP contribution in [-0.4, -0.2) is 74.2 Å². The van der Waals surface area contributed by atoms with Crippen molar-refractivity contribution in [2.24, 2.45) is 0 Å². The largest absolute Gasteiger partial charge is 0.367 e. The molecule has 0 bridgehead atoms. The van der Waals surface area contributed by atoms with Crippen LogP contribution in [0.1, 0.15) is 13.3 Å². The van der Waals surface area contributed by atoms with Gasteiger partial charge in [0.15, 0.2) is 17.3 Å². The zero-order valence-electron chi connectivity index (χ0n) is 20.5. The molecule has 11 heteroatoms. The molecule has 5 heterocycles. The lowest BCUT2D eigenvalue weighted by Gasteiger charge is -2.34. The molecule has 1 aliphatic heterocycles. The molecule has 1 amide bonds. The van der Waals surface area contributed by atoms with Crippen LogP contribution in [0.3, 0.4) is 0 Å². The Bertz CT molecular complexity index is 1620. The van der Waals surface area contributed by atoms with E-state index < -0.39 is 5.82 Å². The molecular weight excluding hydrogens is 473 g/mol. The van der Waals surface area contributed by atoms with Crippen LogP contribution in [0.15, 0.2) is 42.9 Å². The van der Waals surface area contributed by atoms with Crippen molar-refractivity contribution in [3.05, 3.63) is 48.7 Å². The number of nitrogens with one attached hydrogen (secondary N) is 3. The maximum atomic E-state index is 15.1. The van der Waals surface area contributed by atoms with Crippen molar-refractivity contribution in [2.75, 3.05) is 43.4 Å². The van der Waals surface area contributed by atoms with Crippen molar-refractivity contribution < 1.29 is 9.18 Å². The average Bonchev–Trinajstić information content (AvgIpc) is 3.53. The van der Waals surface area contributed by atoms with Gasteiger partial charge < -0.3 is 20.1 Å². The second-order valence-electron chi connectivity index (χ2n) is 9.22. The number of hydrogen-bond donors (Lipinski definition) is 3. The Balaban J connectivity index is 1.41. The van der Waals surface area contributed by atoms with E-state index in [-0.39, 0.29) is 11.4 Å². The second kappa shape index (κ2) is 9.25. The number of nitrogens with zero attached hydrogens (tertiary/aromatic N) is 6. The minimum atomic E-state index is -0.467. The molecule has 0 radical (unpaired) electrons. The van der Waals surface area contributed by atoms with Gasteiger partial charge in [-0.05, 0) is 36.9 Å². The van der Waals surface area contributed by atoms with Crippen molar-refractivity contribution >= 4 is 39.3 Å². The molecule has 0 unspecified atom stereocenters. The van der Waals surface area contributed by atoms with Crippen molar-refractivity contribution in [1.29, 1.82) is 0 Å². The first-order valence-electron chi connectivity index (χ1n) is 12.2. The number of rotatable bonds is 5. The number of anilines is 2. The van der Waals surface area contributed by atoms with E-state index in [0.29, 0.717) is 45.8 Å². The maximum absolute atomic E-state index is 15.1. The van der Waals surface area contributed by atoms with Crippen molar-refractivity contribution in [3.63, 3.8) is 0 Å². The lowest BCUT2D eigenvalue weighted by atomic mass is 10.0. The molecule has 188 valence electrons. The Morgan fingerprint density at radius 3 is 2.78 bits per heavy atom. The van der Waals surface area contributed by atoms with Gasteiger partial charge >= 0.3 is 0 Å². The summed E-state index contributed by atoms with van der Waals surface area (Å²) in [6.07, 6.45) is 5.32. The van der Waals surface area contributed by atoms with E-state index in [9.17, 15) is 4.79 Å². The second-order valence-corrected chi connectivity index (χ2v) is 9.22. The normalized spacial score (nSPS) is 14.5. The molecule has 1 fully saturated rings. The van der Waals surface area contributed by atoms with E-state index in [1.54, 1.807) is 31.6 Å². The average molecular weight is 500 g/mol. The molecule has 0 saturated carbocycles. The fraction of sp³-hybridized carbons (Fsp3) is 0.269. The number of aromatic nitrogens is 6. The van der Waals surface area contributed by atoms with Crippen molar-refractivity contribution in [1.82, 2.24) is 35.0 Å². The van der Waals surface area contributed by atoms with Gasteiger partial charge in [-0.1, -0.05) is 6.92 Å². The summed E-state index contributed by atoms with van der Waals surface area (Å²) in [4.78, 5) is 33.2. The standard InChI is InChI=1S/C26H26FN9O/c1-3-21(37)30-17-10-16(13-28-14-17)15-11-18-22(19(27)12-15)33-34-23(18)26-31-24-20(4-5-29-25(24)32-26)36-8-6-35(2)7-9-36/h4-5,10-14H,3,6-9H2,1-2H3,(H,30,37)(H,33,34)(H,29,31,32). The third kappa shape index (κ3) is 4.27. The molecular formula is C26H26FN9O. The summed E-state index contributed by atoms with van der Waals surface area (Å²) < 4.78 is 15.1. The van der Waals surface area contributed by atoms with Gasteiger partial charge in [0.1, 0.15) is 16.7 Å². The molecule has 6 rings (SSSR count). The quantitative estimate of drug-likeness (QED) is 0.337. The summed E-state index contributed by atoms with van der Waals surface area (Å²) in [6.45, 7) is 5.57. The third-order valence-electron chi connectivity index (χ3n) is 6.74. The Morgan fingerprint density at radius 2 is 1.97 bits per heavy atom. The van der Waals surface area contributed by atoms with Gasteiger partial charge in [0.25, 0.3) is 0 Å². The predicted molar refractivity (Wildman–Crippen MR) is 141 cm³/mol. The molecule has 3 N–H and O–H groups in total.